The van der Waals surface area contributed by atoms with E-state index < -0.39 is 5.97 Å². The Morgan fingerprint density at radius 1 is 1.03 bits per heavy atom. The largest absolute Gasteiger partial charge is 0.484 e. The van der Waals surface area contributed by atoms with Crippen LogP contribution in [0.4, 0.5) is 5.00 Å². The van der Waals surface area contributed by atoms with Crippen LogP contribution < -0.4 is 10.1 Å². The van der Waals surface area contributed by atoms with Crippen LogP contribution in [-0.2, 0) is 9.53 Å². The van der Waals surface area contributed by atoms with E-state index in [2.05, 4.69) is 21.2 Å². The minimum absolute atomic E-state index is 0.158. The molecule has 0 fully saturated rings. The van der Waals surface area contributed by atoms with Gasteiger partial charge in [-0.15, -0.1) is 11.3 Å². The summed E-state index contributed by atoms with van der Waals surface area (Å²) in [6.45, 7) is 3.73. The van der Waals surface area contributed by atoms with Crippen molar-refractivity contribution in [3.05, 3.63) is 69.0 Å². The molecular formula is C22H20BrNO4S. The molecule has 1 heterocycles. The number of methoxy groups -OCH3 is 1. The number of rotatable bonds is 6. The second-order valence-corrected chi connectivity index (χ2v) is 8.53. The molecule has 3 rings (SSSR count). The highest BCUT2D eigenvalue weighted by Gasteiger charge is 2.25. The third-order valence-corrected chi connectivity index (χ3v) is 5.80. The zero-order valence-electron chi connectivity index (χ0n) is 16.2. The molecule has 5 nitrogen and oxygen atoms in total. The molecule has 0 bridgehead atoms. The van der Waals surface area contributed by atoms with E-state index in [0.29, 0.717) is 16.3 Å². The number of nitrogens with one attached hydrogen (secondary N) is 1. The zero-order valence-corrected chi connectivity index (χ0v) is 18.6. The van der Waals surface area contributed by atoms with Gasteiger partial charge in [0.15, 0.2) is 6.61 Å². The van der Waals surface area contributed by atoms with E-state index in [1.807, 2.05) is 62.4 Å². The number of halogens is 1. The van der Waals surface area contributed by atoms with E-state index in [-0.39, 0.29) is 12.5 Å². The van der Waals surface area contributed by atoms with Gasteiger partial charge in [-0.25, -0.2) is 4.79 Å². The summed E-state index contributed by atoms with van der Waals surface area (Å²) in [4.78, 5) is 25.8. The molecule has 0 saturated heterocycles. The standard InChI is InChI=1S/C22H20BrNO4S/c1-13-4-10-17(11-5-13)28-12-18(25)24-21-20(22(26)27-3)19(14(2)29-21)15-6-8-16(23)9-7-15/h4-11H,12H2,1-3H3,(H,24,25). The van der Waals surface area contributed by atoms with Gasteiger partial charge in [-0.1, -0.05) is 45.8 Å². The van der Waals surface area contributed by atoms with Crippen molar-refractivity contribution < 1.29 is 19.1 Å². The Bertz CT molecular complexity index is 1030. The predicted molar refractivity (Wildman–Crippen MR) is 119 cm³/mol. The van der Waals surface area contributed by atoms with E-state index in [1.165, 1.54) is 18.4 Å². The van der Waals surface area contributed by atoms with Gasteiger partial charge < -0.3 is 14.8 Å². The van der Waals surface area contributed by atoms with E-state index in [4.69, 9.17) is 9.47 Å². The normalized spacial score (nSPS) is 10.5. The van der Waals surface area contributed by atoms with Crippen molar-refractivity contribution >= 4 is 44.1 Å². The number of anilines is 1. The van der Waals surface area contributed by atoms with Crippen LogP contribution in [0, 0.1) is 13.8 Å². The topological polar surface area (TPSA) is 64.6 Å². The van der Waals surface area contributed by atoms with Crippen LogP contribution >= 0.6 is 27.3 Å². The summed E-state index contributed by atoms with van der Waals surface area (Å²) in [5.41, 5.74) is 3.09. The second kappa shape index (κ2) is 9.24. The second-order valence-electron chi connectivity index (χ2n) is 6.39. The van der Waals surface area contributed by atoms with Crippen molar-refractivity contribution in [3.8, 4) is 16.9 Å². The average Bonchev–Trinajstić information content (AvgIpc) is 3.03. The molecule has 2 aromatic carbocycles. The summed E-state index contributed by atoms with van der Waals surface area (Å²) in [6, 6.07) is 15.1. The molecule has 29 heavy (non-hydrogen) atoms. The number of carbonyl (C=O) groups excluding carboxylic acids is 2. The Morgan fingerprint density at radius 2 is 1.69 bits per heavy atom. The molecule has 0 saturated carbocycles. The summed E-state index contributed by atoms with van der Waals surface area (Å²) in [5, 5.41) is 3.24. The molecule has 1 amide bonds. The fourth-order valence-electron chi connectivity index (χ4n) is 2.84. The Morgan fingerprint density at radius 3 is 2.31 bits per heavy atom. The summed E-state index contributed by atoms with van der Waals surface area (Å²) >= 11 is 4.75. The monoisotopic (exact) mass is 473 g/mol. The molecule has 1 aromatic heterocycles. The zero-order chi connectivity index (χ0) is 21.0. The predicted octanol–water partition coefficient (Wildman–Crippen LogP) is 5.60. The van der Waals surface area contributed by atoms with Crippen LogP contribution in [0.15, 0.2) is 53.0 Å². The third-order valence-electron chi connectivity index (χ3n) is 4.25. The van der Waals surface area contributed by atoms with Crippen LogP contribution in [0.25, 0.3) is 11.1 Å². The van der Waals surface area contributed by atoms with Gasteiger partial charge in [0.1, 0.15) is 16.3 Å². The Balaban J connectivity index is 1.83. The number of amides is 1. The number of benzene rings is 2. The van der Waals surface area contributed by atoms with Gasteiger partial charge in [-0.2, -0.15) is 0 Å². The molecule has 0 radical (unpaired) electrons. The van der Waals surface area contributed by atoms with Gasteiger partial charge in [-0.3, -0.25) is 4.79 Å². The van der Waals surface area contributed by atoms with Gasteiger partial charge in [-0.05, 0) is 43.7 Å². The highest BCUT2D eigenvalue weighted by Crippen LogP contribution is 2.40. The number of thiophene rings is 1. The quantitative estimate of drug-likeness (QED) is 0.473. The smallest absolute Gasteiger partial charge is 0.341 e. The number of ether oxygens (including phenoxy) is 2. The first-order valence-electron chi connectivity index (χ1n) is 8.86. The van der Waals surface area contributed by atoms with Gasteiger partial charge in [0.05, 0.1) is 7.11 Å². The van der Waals surface area contributed by atoms with Crippen molar-refractivity contribution in [2.75, 3.05) is 19.0 Å². The average molecular weight is 474 g/mol. The van der Waals surface area contributed by atoms with Gasteiger partial charge in [0, 0.05) is 14.9 Å². The van der Waals surface area contributed by atoms with Gasteiger partial charge in [0.25, 0.3) is 5.91 Å². The number of carbonyl (C=O) groups is 2. The van der Waals surface area contributed by atoms with Crippen LogP contribution in [-0.4, -0.2) is 25.6 Å². The maximum atomic E-state index is 12.5. The highest BCUT2D eigenvalue weighted by atomic mass is 79.9. The van der Waals surface area contributed by atoms with Crippen LogP contribution in [0.1, 0.15) is 20.8 Å². The number of esters is 1. The molecule has 0 aliphatic heterocycles. The summed E-state index contributed by atoms with van der Waals surface area (Å²) in [5.74, 6) is -0.238. The van der Waals surface area contributed by atoms with Crippen LogP contribution in [0.3, 0.4) is 0 Å². The molecule has 150 valence electrons. The Kier molecular flexibility index (Phi) is 6.71. The minimum Gasteiger partial charge on any atom is -0.484 e. The summed E-state index contributed by atoms with van der Waals surface area (Å²) < 4.78 is 11.4. The van der Waals surface area contributed by atoms with Crippen molar-refractivity contribution in [3.63, 3.8) is 0 Å². The lowest BCUT2D eigenvalue weighted by atomic mass is 10.0. The molecule has 3 aromatic rings. The summed E-state index contributed by atoms with van der Waals surface area (Å²) in [6.07, 6.45) is 0. The minimum atomic E-state index is -0.498. The van der Waals surface area contributed by atoms with Crippen molar-refractivity contribution in [1.82, 2.24) is 0 Å². The maximum absolute atomic E-state index is 12.5. The summed E-state index contributed by atoms with van der Waals surface area (Å²) in [7, 11) is 1.33. The van der Waals surface area contributed by atoms with Crippen molar-refractivity contribution in [2.45, 2.75) is 13.8 Å². The van der Waals surface area contributed by atoms with Crippen LogP contribution in [0.2, 0.25) is 0 Å². The maximum Gasteiger partial charge on any atom is 0.341 e. The number of aryl methyl sites for hydroxylation is 2. The van der Waals surface area contributed by atoms with E-state index >= 15 is 0 Å². The molecule has 0 spiro atoms. The van der Waals surface area contributed by atoms with E-state index in [9.17, 15) is 9.59 Å². The van der Waals surface area contributed by atoms with E-state index in [1.54, 1.807) is 0 Å². The Hall–Kier alpha value is -2.64. The fourth-order valence-corrected chi connectivity index (χ4v) is 4.18. The molecule has 0 aliphatic rings. The lowest BCUT2D eigenvalue weighted by Crippen LogP contribution is -2.21. The molecule has 0 atom stereocenters. The SMILES string of the molecule is COC(=O)c1c(NC(=O)COc2ccc(C)cc2)sc(C)c1-c1ccc(Br)cc1. The van der Waals surface area contributed by atoms with Gasteiger partial charge >= 0.3 is 5.97 Å². The van der Waals surface area contributed by atoms with Crippen molar-refractivity contribution in [1.29, 1.82) is 0 Å². The first kappa shape index (κ1) is 21.1. The van der Waals surface area contributed by atoms with Gasteiger partial charge in [0.2, 0.25) is 0 Å². The van der Waals surface area contributed by atoms with Crippen LogP contribution in [0.5, 0.6) is 5.75 Å². The molecule has 7 heteroatoms. The fraction of sp³-hybridized carbons (Fsp3) is 0.182. The first-order valence-corrected chi connectivity index (χ1v) is 10.5. The first-order chi connectivity index (χ1) is 13.9. The molecular weight excluding hydrogens is 454 g/mol. The highest BCUT2D eigenvalue weighted by molar-refractivity contribution is 9.10. The number of hydrogen-bond donors (Lipinski definition) is 1. The molecule has 0 aliphatic carbocycles. The third kappa shape index (κ3) is 5.05. The van der Waals surface area contributed by atoms with Crippen molar-refractivity contribution in [2.24, 2.45) is 0 Å². The molecule has 1 N–H and O–H groups in total. The Labute approximate surface area is 181 Å². The lowest BCUT2D eigenvalue weighted by molar-refractivity contribution is -0.118. The lowest BCUT2D eigenvalue weighted by Gasteiger charge is -2.09. The number of hydrogen-bond acceptors (Lipinski definition) is 5. The molecule has 0 unspecified atom stereocenters. The van der Waals surface area contributed by atoms with E-state index in [0.717, 1.165) is 26.0 Å².